The smallest absolute Gasteiger partial charge is 0.233 e. The second-order valence-electron chi connectivity index (χ2n) is 2.17. The Morgan fingerprint density at radius 3 is 2.50 bits per heavy atom. The van der Waals surface area contributed by atoms with Crippen LogP contribution in [-0.4, -0.2) is 12.5 Å². The number of carbonyl (C=O) groups excluding carboxylic acids is 1. The summed E-state index contributed by atoms with van der Waals surface area (Å²) in [5, 5.41) is 0. The largest absolute Gasteiger partial charge is 0.330 e. The van der Waals surface area contributed by atoms with Crippen LogP contribution in [0.5, 0.6) is 0 Å². The van der Waals surface area contributed by atoms with E-state index in [1.807, 2.05) is 0 Å². The van der Waals surface area contributed by atoms with Gasteiger partial charge in [0.25, 0.3) is 0 Å². The summed E-state index contributed by atoms with van der Waals surface area (Å²) in [6.45, 7) is 0.699. The van der Waals surface area contributed by atoms with Crippen LogP contribution in [0.15, 0.2) is 0 Å². The molecule has 0 aromatic carbocycles. The molecule has 10 heavy (non-hydrogen) atoms. The summed E-state index contributed by atoms with van der Waals surface area (Å²) in [4.78, 5) is 10.5. The van der Waals surface area contributed by atoms with E-state index in [4.69, 9.17) is 11.6 Å². The highest BCUT2D eigenvalue weighted by Crippen LogP contribution is 1.97. The molecule has 0 atom stereocenters. The zero-order valence-corrected chi connectivity index (χ0v) is 6.10. The van der Waals surface area contributed by atoms with E-state index in [0.717, 1.165) is 19.3 Å². The Balaban J connectivity index is 2.96. The number of nitrogens with one attached hydrogen (secondary N) is 1. The first kappa shape index (κ1) is 9.39. The quantitative estimate of drug-likeness (QED) is 0.211. The van der Waals surface area contributed by atoms with Gasteiger partial charge in [0.15, 0.2) is 0 Å². The molecule has 0 aliphatic heterocycles. The lowest BCUT2D eigenvalue weighted by Crippen LogP contribution is -2.29. The maximum absolute atomic E-state index is 10.5. The van der Waals surface area contributed by atoms with Gasteiger partial charge in [0.05, 0.1) is 0 Å². The number of hydrazine groups is 1. The van der Waals surface area contributed by atoms with E-state index >= 15 is 0 Å². The van der Waals surface area contributed by atoms with Crippen molar-refractivity contribution in [3.63, 3.8) is 0 Å². The van der Waals surface area contributed by atoms with Crippen molar-refractivity contribution >= 4 is 5.91 Å². The van der Waals surface area contributed by atoms with Crippen LogP contribution >= 0.6 is 0 Å². The lowest BCUT2D eigenvalue weighted by molar-refractivity contribution is -0.121. The standard InChI is InChI=1S/C6H15N3O/c7-5-3-1-2-4-6(10)9-8/h1-5,7-8H2,(H,9,10). The average molecular weight is 145 g/mol. The summed E-state index contributed by atoms with van der Waals surface area (Å²) in [7, 11) is 0. The summed E-state index contributed by atoms with van der Waals surface area (Å²) in [6.07, 6.45) is 3.37. The lowest BCUT2D eigenvalue weighted by Gasteiger charge is -1.97. The molecule has 0 aromatic rings. The fraction of sp³-hybridized carbons (Fsp3) is 0.833. The molecule has 0 rings (SSSR count). The molecule has 0 aliphatic carbocycles. The number of hydrogen-bond donors (Lipinski definition) is 3. The summed E-state index contributed by atoms with van der Waals surface area (Å²) < 4.78 is 0. The van der Waals surface area contributed by atoms with Crippen molar-refractivity contribution < 1.29 is 4.79 Å². The van der Waals surface area contributed by atoms with Gasteiger partial charge in [0, 0.05) is 6.42 Å². The van der Waals surface area contributed by atoms with Crippen LogP contribution < -0.4 is 17.0 Å². The van der Waals surface area contributed by atoms with E-state index in [9.17, 15) is 4.79 Å². The molecule has 0 fully saturated rings. The molecule has 4 nitrogen and oxygen atoms in total. The number of nitrogens with two attached hydrogens (primary N) is 2. The first-order valence-corrected chi connectivity index (χ1v) is 3.50. The van der Waals surface area contributed by atoms with Crippen LogP contribution in [0.3, 0.4) is 0 Å². The third kappa shape index (κ3) is 5.53. The van der Waals surface area contributed by atoms with Gasteiger partial charge in [-0.25, -0.2) is 5.84 Å². The molecule has 0 aliphatic rings. The Morgan fingerprint density at radius 1 is 1.30 bits per heavy atom. The third-order valence-electron chi connectivity index (χ3n) is 1.27. The molecule has 0 radical (unpaired) electrons. The average Bonchev–Trinajstić information content (AvgIpc) is 1.98. The van der Waals surface area contributed by atoms with E-state index in [2.05, 4.69) is 5.43 Å². The molecular weight excluding hydrogens is 130 g/mol. The number of hydrogen-bond acceptors (Lipinski definition) is 3. The monoisotopic (exact) mass is 145 g/mol. The maximum atomic E-state index is 10.5. The van der Waals surface area contributed by atoms with Crippen LogP contribution in [0, 0.1) is 0 Å². The molecule has 4 heteroatoms. The highest BCUT2D eigenvalue weighted by atomic mass is 16.2. The van der Waals surface area contributed by atoms with Crippen molar-refractivity contribution in [2.24, 2.45) is 11.6 Å². The zero-order chi connectivity index (χ0) is 7.82. The second kappa shape index (κ2) is 6.51. The lowest BCUT2D eigenvalue weighted by atomic mass is 10.2. The number of rotatable bonds is 5. The normalized spacial score (nSPS) is 9.40. The fourth-order valence-corrected chi connectivity index (χ4v) is 0.679. The molecule has 0 saturated carbocycles. The van der Waals surface area contributed by atoms with Gasteiger partial charge in [0.1, 0.15) is 0 Å². The van der Waals surface area contributed by atoms with Crippen LogP contribution in [0.25, 0.3) is 0 Å². The van der Waals surface area contributed by atoms with E-state index in [0.29, 0.717) is 13.0 Å². The zero-order valence-electron chi connectivity index (χ0n) is 6.10. The first-order valence-electron chi connectivity index (χ1n) is 3.50. The number of amides is 1. The van der Waals surface area contributed by atoms with E-state index in [1.54, 1.807) is 0 Å². The molecule has 0 saturated heterocycles. The van der Waals surface area contributed by atoms with Gasteiger partial charge in [-0.1, -0.05) is 6.42 Å². The van der Waals surface area contributed by atoms with Gasteiger partial charge in [-0.3, -0.25) is 10.2 Å². The van der Waals surface area contributed by atoms with Crippen molar-refractivity contribution in [2.45, 2.75) is 25.7 Å². The molecule has 0 bridgehead atoms. The minimum Gasteiger partial charge on any atom is -0.330 e. The number of carbonyl (C=O) groups is 1. The molecule has 0 spiro atoms. The highest BCUT2D eigenvalue weighted by Gasteiger charge is 1.95. The highest BCUT2D eigenvalue weighted by molar-refractivity contribution is 5.74. The van der Waals surface area contributed by atoms with E-state index in [-0.39, 0.29) is 5.91 Å². The summed E-state index contributed by atoms with van der Waals surface area (Å²) in [5.41, 5.74) is 7.32. The predicted molar refractivity (Wildman–Crippen MR) is 39.9 cm³/mol. The summed E-state index contributed by atoms with van der Waals surface area (Å²) in [5.74, 6) is 4.76. The molecule has 0 aromatic heterocycles. The summed E-state index contributed by atoms with van der Waals surface area (Å²) in [6, 6.07) is 0. The van der Waals surface area contributed by atoms with Gasteiger partial charge in [-0.2, -0.15) is 0 Å². The van der Waals surface area contributed by atoms with Gasteiger partial charge in [-0.15, -0.1) is 0 Å². The predicted octanol–water partition coefficient (Wildman–Crippen LogP) is -0.505. The Hall–Kier alpha value is -0.610. The van der Waals surface area contributed by atoms with Gasteiger partial charge in [0.2, 0.25) is 5.91 Å². The molecule has 0 unspecified atom stereocenters. The minimum absolute atomic E-state index is 0.1000. The van der Waals surface area contributed by atoms with Crippen LogP contribution in [0.4, 0.5) is 0 Å². The molecular formula is C6H15N3O. The molecule has 0 heterocycles. The van der Waals surface area contributed by atoms with Crippen molar-refractivity contribution in [3.05, 3.63) is 0 Å². The maximum Gasteiger partial charge on any atom is 0.233 e. The van der Waals surface area contributed by atoms with Crippen LogP contribution in [-0.2, 0) is 4.79 Å². The van der Waals surface area contributed by atoms with Crippen molar-refractivity contribution in [1.29, 1.82) is 0 Å². The van der Waals surface area contributed by atoms with Crippen molar-refractivity contribution in [1.82, 2.24) is 5.43 Å². The van der Waals surface area contributed by atoms with Crippen LogP contribution in [0.2, 0.25) is 0 Å². The SMILES string of the molecule is NCCCCCC(=O)NN. The van der Waals surface area contributed by atoms with Gasteiger partial charge >= 0.3 is 0 Å². The Bertz CT molecular complexity index is 95.0. The third-order valence-corrected chi connectivity index (χ3v) is 1.27. The van der Waals surface area contributed by atoms with Gasteiger partial charge in [-0.05, 0) is 19.4 Å². The minimum atomic E-state index is -0.1000. The Morgan fingerprint density at radius 2 is 2.00 bits per heavy atom. The van der Waals surface area contributed by atoms with E-state index < -0.39 is 0 Å². The van der Waals surface area contributed by atoms with E-state index in [1.165, 1.54) is 0 Å². The molecule has 1 amide bonds. The second-order valence-corrected chi connectivity index (χ2v) is 2.17. The topological polar surface area (TPSA) is 81.1 Å². The Kier molecular flexibility index (Phi) is 6.11. The summed E-state index contributed by atoms with van der Waals surface area (Å²) >= 11 is 0. The Labute approximate surface area is 60.9 Å². The van der Waals surface area contributed by atoms with Crippen molar-refractivity contribution in [2.75, 3.05) is 6.54 Å². The molecule has 5 N–H and O–H groups in total. The van der Waals surface area contributed by atoms with Crippen molar-refractivity contribution in [3.8, 4) is 0 Å². The molecule has 60 valence electrons. The number of unbranched alkanes of at least 4 members (excludes halogenated alkanes) is 2. The van der Waals surface area contributed by atoms with Crippen LogP contribution in [0.1, 0.15) is 25.7 Å². The van der Waals surface area contributed by atoms with Gasteiger partial charge < -0.3 is 5.73 Å². The first-order chi connectivity index (χ1) is 4.81. The fourth-order valence-electron chi connectivity index (χ4n) is 0.679.